The zero-order valence-electron chi connectivity index (χ0n) is 21.1. The van der Waals surface area contributed by atoms with Crippen molar-refractivity contribution in [3.63, 3.8) is 0 Å². The largest absolute Gasteiger partial charge is 0.497 e. The van der Waals surface area contributed by atoms with Gasteiger partial charge in [0, 0.05) is 35.2 Å². The smallest absolute Gasteiger partial charge is 0.175 e. The Labute approximate surface area is 205 Å². The monoisotopic (exact) mass is 478 g/mol. The Bertz CT molecular complexity index is 1280. The van der Waals surface area contributed by atoms with Crippen LogP contribution in [0.5, 0.6) is 34.5 Å². The van der Waals surface area contributed by atoms with Crippen LogP contribution in [-0.2, 0) is 6.42 Å². The minimum Gasteiger partial charge on any atom is -0.497 e. The number of carbonyl (C=O) groups excluding carboxylic acids is 1. The molecule has 0 fully saturated rings. The fraction of sp³-hybridized carbons (Fsp3) is 0.321. The first kappa shape index (κ1) is 24.3. The molecule has 1 aliphatic rings. The van der Waals surface area contributed by atoms with E-state index in [4.69, 9.17) is 28.4 Å². The van der Waals surface area contributed by atoms with E-state index in [1.54, 1.807) is 48.7 Å². The fourth-order valence-corrected chi connectivity index (χ4v) is 4.82. The summed E-state index contributed by atoms with van der Waals surface area (Å²) < 4.78 is 33.5. The lowest BCUT2D eigenvalue weighted by molar-refractivity contribution is 0.0970. The van der Waals surface area contributed by atoms with Crippen molar-refractivity contribution in [2.45, 2.75) is 19.3 Å². The average Bonchev–Trinajstić information content (AvgIpc) is 2.89. The van der Waals surface area contributed by atoms with Gasteiger partial charge in [-0.1, -0.05) is 0 Å². The van der Waals surface area contributed by atoms with Crippen molar-refractivity contribution in [3.05, 3.63) is 69.8 Å². The normalized spacial score (nSPS) is 13.9. The molecular formula is C28H30O7. The van der Waals surface area contributed by atoms with Gasteiger partial charge in [-0.05, 0) is 47.9 Å². The number of benzene rings is 3. The lowest BCUT2D eigenvalue weighted by Crippen LogP contribution is -2.24. The van der Waals surface area contributed by atoms with Gasteiger partial charge >= 0.3 is 0 Å². The quantitative estimate of drug-likeness (QED) is 0.424. The van der Waals surface area contributed by atoms with Gasteiger partial charge in [0.25, 0.3) is 0 Å². The Morgan fingerprint density at radius 2 is 1.26 bits per heavy atom. The third-order valence-electron chi connectivity index (χ3n) is 6.55. The van der Waals surface area contributed by atoms with Crippen LogP contribution < -0.4 is 28.4 Å². The number of carbonyl (C=O) groups is 1. The fourth-order valence-electron chi connectivity index (χ4n) is 4.82. The second-order valence-electron chi connectivity index (χ2n) is 8.30. The van der Waals surface area contributed by atoms with Crippen LogP contribution in [0.3, 0.4) is 0 Å². The van der Waals surface area contributed by atoms with E-state index >= 15 is 0 Å². The van der Waals surface area contributed by atoms with Gasteiger partial charge < -0.3 is 28.4 Å². The van der Waals surface area contributed by atoms with E-state index in [2.05, 4.69) is 0 Å². The van der Waals surface area contributed by atoms with Gasteiger partial charge in [0.1, 0.15) is 23.0 Å². The molecule has 1 aliphatic carbocycles. The average molecular weight is 479 g/mol. The second kappa shape index (κ2) is 9.78. The molecule has 1 atom stereocenters. The molecule has 4 rings (SSSR count). The first-order valence-electron chi connectivity index (χ1n) is 11.2. The Balaban J connectivity index is 2.02. The minimum absolute atomic E-state index is 0.0931. The molecule has 0 aliphatic heterocycles. The minimum atomic E-state index is -0.657. The number of aryl methyl sites for hydroxylation is 1. The van der Waals surface area contributed by atoms with E-state index in [0.29, 0.717) is 46.5 Å². The molecule has 3 aromatic carbocycles. The van der Waals surface area contributed by atoms with E-state index < -0.39 is 5.92 Å². The lowest BCUT2D eigenvalue weighted by atomic mass is 9.73. The first-order valence-corrected chi connectivity index (χ1v) is 11.2. The Kier molecular flexibility index (Phi) is 6.78. The highest BCUT2D eigenvalue weighted by molar-refractivity contribution is 6.06. The van der Waals surface area contributed by atoms with Gasteiger partial charge in [-0.15, -0.1) is 0 Å². The molecule has 0 saturated carbocycles. The summed E-state index contributed by atoms with van der Waals surface area (Å²) in [7, 11) is 9.55. The van der Waals surface area contributed by atoms with E-state index in [-0.39, 0.29) is 5.78 Å². The van der Waals surface area contributed by atoms with E-state index in [9.17, 15) is 4.79 Å². The summed E-state index contributed by atoms with van der Waals surface area (Å²) in [6.07, 6.45) is 0.556. The van der Waals surface area contributed by atoms with E-state index in [1.807, 2.05) is 37.3 Å². The Hall–Kier alpha value is -3.87. The number of ether oxygens (including phenoxy) is 6. The zero-order valence-corrected chi connectivity index (χ0v) is 21.1. The first-order chi connectivity index (χ1) is 16.9. The van der Waals surface area contributed by atoms with Crippen molar-refractivity contribution < 1.29 is 33.2 Å². The van der Waals surface area contributed by atoms with Crippen LogP contribution in [0.1, 0.15) is 44.1 Å². The van der Waals surface area contributed by atoms with Crippen molar-refractivity contribution in [1.29, 1.82) is 0 Å². The topological polar surface area (TPSA) is 72.5 Å². The summed E-state index contributed by atoms with van der Waals surface area (Å²) in [5.74, 6) is 2.82. The highest BCUT2D eigenvalue weighted by Gasteiger charge is 2.37. The molecule has 0 bridgehead atoms. The van der Waals surface area contributed by atoms with Crippen LogP contribution in [0.25, 0.3) is 0 Å². The van der Waals surface area contributed by atoms with Crippen molar-refractivity contribution in [3.8, 4) is 34.5 Å². The maximum Gasteiger partial charge on any atom is 0.175 e. The zero-order chi connectivity index (χ0) is 25.3. The molecule has 35 heavy (non-hydrogen) atoms. The number of ketones is 1. The maximum atomic E-state index is 14.4. The molecule has 0 N–H and O–H groups in total. The van der Waals surface area contributed by atoms with Crippen molar-refractivity contribution >= 4 is 5.78 Å². The SMILES string of the molecule is COc1cc2c(c(OC)c1)C(C(=O)c1cc(OC)c(OC)cc1C)c1cc(OC)cc(OC)c1C2. The highest BCUT2D eigenvalue weighted by Crippen LogP contribution is 2.49. The molecule has 0 radical (unpaired) electrons. The van der Waals surface area contributed by atoms with Crippen LogP contribution in [0, 0.1) is 6.92 Å². The maximum absolute atomic E-state index is 14.4. The number of Topliss-reactive ketones (excluding diaryl/α,β-unsaturated/α-hetero) is 1. The van der Waals surface area contributed by atoms with Gasteiger partial charge in [-0.2, -0.15) is 0 Å². The molecule has 0 amide bonds. The molecule has 0 spiro atoms. The van der Waals surface area contributed by atoms with Crippen LogP contribution in [0.2, 0.25) is 0 Å². The van der Waals surface area contributed by atoms with Crippen LogP contribution >= 0.6 is 0 Å². The molecule has 0 heterocycles. The standard InChI is InChI=1S/C28H30O7/c1-15-8-23(33-5)24(34-6)14-19(15)28(29)27-21-11-18(31-3)12-22(32-4)20(21)10-16-9-17(30-2)13-25(35-7)26(16)27/h8-9,11-14,27H,10H2,1-7H3. The number of hydrogen-bond donors (Lipinski definition) is 0. The summed E-state index contributed by atoms with van der Waals surface area (Å²) in [6, 6.07) is 11.1. The van der Waals surface area contributed by atoms with E-state index in [1.165, 1.54) is 0 Å². The Morgan fingerprint density at radius 3 is 1.86 bits per heavy atom. The number of rotatable bonds is 8. The molecule has 1 unspecified atom stereocenters. The van der Waals surface area contributed by atoms with Gasteiger partial charge in [0.2, 0.25) is 0 Å². The number of hydrogen-bond acceptors (Lipinski definition) is 7. The summed E-state index contributed by atoms with van der Waals surface area (Å²) in [4.78, 5) is 14.4. The summed E-state index contributed by atoms with van der Waals surface area (Å²) in [5, 5.41) is 0. The lowest BCUT2D eigenvalue weighted by Gasteiger charge is -2.31. The second-order valence-corrected chi connectivity index (χ2v) is 8.30. The summed E-state index contributed by atoms with van der Waals surface area (Å²) in [5.41, 5.74) is 4.79. The number of methoxy groups -OCH3 is 6. The van der Waals surface area contributed by atoms with Gasteiger partial charge in [0.15, 0.2) is 17.3 Å². The highest BCUT2D eigenvalue weighted by atomic mass is 16.5. The molecule has 0 saturated heterocycles. The van der Waals surface area contributed by atoms with Gasteiger partial charge in [-0.25, -0.2) is 0 Å². The molecule has 7 heteroatoms. The van der Waals surface area contributed by atoms with Crippen LogP contribution in [0.4, 0.5) is 0 Å². The van der Waals surface area contributed by atoms with E-state index in [0.717, 1.165) is 27.8 Å². The van der Waals surface area contributed by atoms with Crippen LogP contribution in [0.15, 0.2) is 36.4 Å². The molecule has 184 valence electrons. The third kappa shape index (κ3) is 4.11. The predicted octanol–water partition coefficient (Wildman–Crippen LogP) is 4.97. The van der Waals surface area contributed by atoms with Gasteiger partial charge in [-0.3, -0.25) is 4.79 Å². The van der Waals surface area contributed by atoms with Crippen molar-refractivity contribution in [2.75, 3.05) is 42.7 Å². The van der Waals surface area contributed by atoms with Crippen LogP contribution in [-0.4, -0.2) is 48.4 Å². The van der Waals surface area contributed by atoms with Crippen molar-refractivity contribution in [1.82, 2.24) is 0 Å². The van der Waals surface area contributed by atoms with Crippen molar-refractivity contribution in [2.24, 2.45) is 0 Å². The molecule has 0 aromatic heterocycles. The molecular weight excluding hydrogens is 448 g/mol. The number of fused-ring (bicyclic) bond motifs is 2. The van der Waals surface area contributed by atoms with Gasteiger partial charge in [0.05, 0.1) is 48.6 Å². The summed E-state index contributed by atoms with van der Waals surface area (Å²) >= 11 is 0. The predicted molar refractivity (Wildman–Crippen MR) is 132 cm³/mol. The molecule has 7 nitrogen and oxygen atoms in total. The third-order valence-corrected chi connectivity index (χ3v) is 6.55. The Morgan fingerprint density at radius 1 is 0.686 bits per heavy atom. The molecule has 3 aromatic rings. The summed E-state index contributed by atoms with van der Waals surface area (Å²) in [6.45, 7) is 1.89.